The summed E-state index contributed by atoms with van der Waals surface area (Å²) in [5.41, 5.74) is 0. The van der Waals surface area contributed by atoms with Crippen LogP contribution in [0.1, 0.15) is 41.5 Å². The fourth-order valence-corrected chi connectivity index (χ4v) is 6.87. The quantitative estimate of drug-likeness (QED) is 0.438. The average Bonchev–Trinajstić information content (AvgIpc) is 2.14. The van der Waals surface area contributed by atoms with E-state index in [1.54, 1.807) is 15.8 Å². The molecule has 0 amide bonds. The Morgan fingerprint density at radius 1 is 0.882 bits per heavy atom. The summed E-state index contributed by atoms with van der Waals surface area (Å²) in [6.45, 7) is 17.7. The number of hydrogen-bond acceptors (Lipinski definition) is 0. The maximum absolute atomic E-state index is 3.46. The van der Waals surface area contributed by atoms with Crippen LogP contribution < -0.4 is 0 Å². The molecule has 0 bridgehead atoms. The normalized spacial score (nSPS) is 10.4. The molecule has 98 valence electrons. The number of hydrogen-bond donors (Lipinski definition) is 0. The van der Waals surface area contributed by atoms with Gasteiger partial charge in [-0.25, -0.2) is 0 Å². The molecule has 0 unspecified atom stereocenters. The second-order valence-corrected chi connectivity index (χ2v) is 9.90. The molecular weight excluding hydrogens is 234 g/mol. The Kier molecular flexibility index (Phi) is 15.7. The Morgan fingerprint density at radius 3 is 1.24 bits per heavy atom. The first-order valence-electron chi connectivity index (χ1n) is 7.14. The Hall–Kier alpha value is 0.805. The van der Waals surface area contributed by atoms with Gasteiger partial charge in [0.25, 0.3) is 14.1 Å². The standard InChI is InChI=1S/3C4H9.C3H5.2Al/c3*1-4(2)3;1-3-2;;/h3*4H,1H2,2-3H3;3H,1-2H2;;. The molecule has 0 aliphatic rings. The van der Waals surface area contributed by atoms with Crippen molar-refractivity contribution < 1.29 is 0 Å². The van der Waals surface area contributed by atoms with Gasteiger partial charge in [0.15, 0.2) is 0 Å². The summed E-state index contributed by atoms with van der Waals surface area (Å²) < 4.78 is 0. The lowest BCUT2D eigenvalue weighted by molar-refractivity contribution is 0.659. The van der Waals surface area contributed by atoms with E-state index in [1.807, 2.05) is 6.08 Å². The van der Waals surface area contributed by atoms with Crippen molar-refractivity contribution in [2.45, 2.75) is 62.7 Å². The maximum atomic E-state index is 3.46. The minimum atomic E-state index is -0.407. The molecule has 0 aliphatic heterocycles. The van der Waals surface area contributed by atoms with Crippen LogP contribution in [0.3, 0.4) is 0 Å². The van der Waals surface area contributed by atoms with Gasteiger partial charge in [-0.2, -0.15) is 0 Å². The highest BCUT2D eigenvalue weighted by molar-refractivity contribution is 6.58. The van der Waals surface area contributed by atoms with Gasteiger partial charge >= 0.3 is 0 Å². The lowest BCUT2D eigenvalue weighted by Gasteiger charge is -2.17. The fraction of sp³-hybridized carbons (Fsp3) is 0.867. The molecule has 0 heterocycles. The number of rotatable bonds is 7. The average molecular weight is 266 g/mol. The zero-order valence-electron chi connectivity index (χ0n) is 13.0. The summed E-state index contributed by atoms with van der Waals surface area (Å²) in [6, 6.07) is 0. The molecule has 0 atom stereocenters. The fourth-order valence-electron chi connectivity index (χ4n) is 2.29. The maximum Gasteiger partial charge on any atom is 0.262 e. The van der Waals surface area contributed by atoms with Crippen molar-refractivity contribution in [3.05, 3.63) is 12.7 Å². The first-order valence-corrected chi connectivity index (χ1v) is 10.4. The summed E-state index contributed by atoms with van der Waals surface area (Å²) in [5.74, 6) is 2.78. The molecule has 0 saturated carbocycles. The summed E-state index contributed by atoms with van der Waals surface area (Å²) in [5, 5.41) is 5.66. The van der Waals surface area contributed by atoms with E-state index in [0.717, 1.165) is 23.0 Å². The minimum Gasteiger partial charge on any atom is -0.107 e. The van der Waals surface area contributed by atoms with Crippen LogP contribution in [0, 0.1) is 17.8 Å². The van der Waals surface area contributed by atoms with E-state index in [4.69, 9.17) is 0 Å². The van der Waals surface area contributed by atoms with E-state index >= 15 is 0 Å². The van der Waals surface area contributed by atoms with Crippen LogP contribution in [0.2, 0.25) is 21.1 Å². The van der Waals surface area contributed by atoms with E-state index in [1.165, 1.54) is 0 Å². The highest BCUT2D eigenvalue weighted by Crippen LogP contribution is 2.20. The van der Waals surface area contributed by atoms with Crippen LogP contribution in [0.4, 0.5) is 0 Å². The molecular formula is C15H32Al2. The molecule has 0 aromatic heterocycles. The molecule has 0 aliphatic carbocycles. The van der Waals surface area contributed by atoms with Crippen LogP contribution >= 0.6 is 0 Å². The predicted octanol–water partition coefficient (Wildman–Crippen LogP) is 5.21. The number of allylic oxidation sites excluding steroid dienone is 1. The summed E-state index contributed by atoms with van der Waals surface area (Å²) in [4.78, 5) is 0. The molecule has 2 radical (unpaired) electrons. The van der Waals surface area contributed by atoms with Gasteiger partial charge in [0.05, 0.1) is 0 Å². The lowest BCUT2D eigenvalue weighted by Crippen LogP contribution is -2.19. The molecule has 0 saturated heterocycles. The summed E-state index contributed by atoms with van der Waals surface area (Å²) in [7, 11) is 0. The largest absolute Gasteiger partial charge is 0.262 e. The molecule has 0 nitrogen and oxygen atoms in total. The van der Waals surface area contributed by atoms with Gasteiger partial charge in [-0.1, -0.05) is 75.1 Å². The van der Waals surface area contributed by atoms with Crippen molar-refractivity contribution >= 4 is 30.4 Å². The van der Waals surface area contributed by atoms with Gasteiger partial charge in [0.2, 0.25) is 0 Å². The van der Waals surface area contributed by atoms with Crippen molar-refractivity contribution in [2.75, 3.05) is 0 Å². The highest BCUT2D eigenvalue weighted by Gasteiger charge is 2.20. The van der Waals surface area contributed by atoms with Gasteiger partial charge in [0, 0.05) is 0 Å². The third-order valence-electron chi connectivity index (χ3n) is 2.58. The van der Waals surface area contributed by atoms with Gasteiger partial charge in [-0.05, 0) is 0 Å². The molecule has 0 N–H and O–H groups in total. The molecule has 0 aromatic rings. The van der Waals surface area contributed by atoms with Crippen molar-refractivity contribution in [2.24, 2.45) is 17.8 Å². The van der Waals surface area contributed by atoms with Crippen molar-refractivity contribution in [1.29, 1.82) is 0 Å². The van der Waals surface area contributed by atoms with E-state index in [0.29, 0.717) is 0 Å². The van der Waals surface area contributed by atoms with Crippen LogP contribution in [0.5, 0.6) is 0 Å². The van der Waals surface area contributed by atoms with Crippen LogP contribution in [0.15, 0.2) is 12.7 Å². The summed E-state index contributed by atoms with van der Waals surface area (Å²) in [6.07, 6.45) is 1.84. The first-order chi connectivity index (χ1) is 7.83. The third kappa shape index (κ3) is 19.3. The third-order valence-corrected chi connectivity index (χ3v) is 7.74. The topological polar surface area (TPSA) is 0 Å². The van der Waals surface area contributed by atoms with Crippen LogP contribution in [-0.4, -0.2) is 30.4 Å². The second kappa shape index (κ2) is 13.2. The van der Waals surface area contributed by atoms with Crippen molar-refractivity contribution in [3.8, 4) is 0 Å². The van der Waals surface area contributed by atoms with Crippen molar-refractivity contribution in [3.63, 3.8) is 0 Å². The van der Waals surface area contributed by atoms with E-state index in [9.17, 15) is 0 Å². The SMILES string of the molecule is C=C[CH2][Al].CC(C)[CH2][Al]([CH2]C(C)C)[CH2]C(C)C. The minimum absolute atomic E-state index is 0.407. The Morgan fingerprint density at radius 2 is 1.12 bits per heavy atom. The van der Waals surface area contributed by atoms with Gasteiger partial charge < -0.3 is 0 Å². The molecule has 17 heavy (non-hydrogen) atoms. The van der Waals surface area contributed by atoms with E-state index in [2.05, 4.69) is 64.4 Å². The Labute approximate surface area is 123 Å². The zero-order chi connectivity index (χ0) is 13.8. The predicted molar refractivity (Wildman–Crippen MR) is 85.4 cm³/mol. The zero-order valence-corrected chi connectivity index (χ0v) is 15.3. The van der Waals surface area contributed by atoms with Crippen molar-refractivity contribution in [1.82, 2.24) is 0 Å². The van der Waals surface area contributed by atoms with E-state index in [-0.39, 0.29) is 0 Å². The highest BCUT2D eigenvalue weighted by atomic mass is 27.2. The Bertz CT molecular complexity index is 139. The van der Waals surface area contributed by atoms with Crippen LogP contribution in [0.25, 0.3) is 0 Å². The molecule has 2 heteroatoms. The molecule has 0 rings (SSSR count). The molecule has 0 fully saturated rings. The van der Waals surface area contributed by atoms with E-state index < -0.39 is 14.1 Å². The van der Waals surface area contributed by atoms with Crippen LogP contribution in [-0.2, 0) is 0 Å². The monoisotopic (exact) mass is 266 g/mol. The molecule has 0 spiro atoms. The smallest absolute Gasteiger partial charge is 0.107 e. The van der Waals surface area contributed by atoms with Gasteiger partial charge in [-0.3, -0.25) is 0 Å². The Balaban J connectivity index is 0. The van der Waals surface area contributed by atoms with Gasteiger partial charge in [0.1, 0.15) is 16.3 Å². The van der Waals surface area contributed by atoms with Gasteiger partial charge in [-0.15, -0.1) is 17.9 Å². The first kappa shape index (κ1) is 20.1. The molecule has 0 aromatic carbocycles. The second-order valence-electron chi connectivity index (χ2n) is 6.28. The lowest BCUT2D eigenvalue weighted by atomic mass is 10.2. The summed E-state index contributed by atoms with van der Waals surface area (Å²) >= 11 is 2.13.